The fourth-order valence-electron chi connectivity index (χ4n) is 0.431. The number of nitrogens with zero attached hydrogens (tertiary/aromatic N) is 1. The van der Waals surface area contributed by atoms with E-state index in [2.05, 4.69) is 0 Å². The van der Waals surface area contributed by atoms with Crippen LogP contribution < -0.4 is 0 Å². The van der Waals surface area contributed by atoms with Crippen LogP contribution in [0.2, 0.25) is 0 Å². The fourth-order valence-corrected chi connectivity index (χ4v) is 0.431. The first-order chi connectivity index (χ1) is 3.13. The molecule has 0 bridgehead atoms. The number of hydrogen-bond donors (Lipinski definition) is 1. The molecule has 2 heteroatoms. The summed E-state index contributed by atoms with van der Waals surface area (Å²) < 4.78 is 1.82. The Morgan fingerprint density at radius 2 is 2.00 bits per heavy atom. The van der Waals surface area contributed by atoms with Gasteiger partial charge in [-0.25, -0.2) is 4.58 Å². The van der Waals surface area contributed by atoms with E-state index >= 15 is 0 Å². The Labute approximate surface area is 44.1 Å². The maximum absolute atomic E-state index is 8.63. The summed E-state index contributed by atoms with van der Waals surface area (Å²) in [5.41, 5.74) is 0. The van der Waals surface area contributed by atoms with Crippen molar-refractivity contribution in [3.63, 3.8) is 0 Å². The van der Waals surface area contributed by atoms with Crippen molar-refractivity contribution in [2.75, 3.05) is 14.1 Å². The van der Waals surface area contributed by atoms with Gasteiger partial charge in [-0.2, -0.15) is 0 Å². The van der Waals surface area contributed by atoms with Crippen molar-refractivity contribution in [3.05, 3.63) is 0 Å². The van der Waals surface area contributed by atoms with Crippen LogP contribution in [0, 0.1) is 0 Å². The van der Waals surface area contributed by atoms with Gasteiger partial charge in [0.1, 0.15) is 20.2 Å². The summed E-state index contributed by atoms with van der Waals surface area (Å²) >= 11 is 0. The zero-order valence-electron chi connectivity index (χ0n) is 5.05. The molecule has 0 spiro atoms. The Bertz CT molecular complexity index is 72.1. The molecule has 0 fully saturated rings. The van der Waals surface area contributed by atoms with Crippen LogP contribution >= 0.6 is 0 Å². The van der Waals surface area contributed by atoms with Gasteiger partial charge in [-0.15, -0.1) is 0 Å². The highest BCUT2D eigenvalue weighted by atomic mass is 16.3. The van der Waals surface area contributed by atoms with Gasteiger partial charge < -0.3 is 5.11 Å². The van der Waals surface area contributed by atoms with Crippen molar-refractivity contribution in [1.82, 2.24) is 0 Å². The molecular formula is C5H12NO+. The van der Waals surface area contributed by atoms with Crippen LogP contribution in [0.3, 0.4) is 0 Å². The quantitative estimate of drug-likeness (QED) is 0.357. The maximum atomic E-state index is 8.63. The summed E-state index contributed by atoms with van der Waals surface area (Å²) in [5, 5.41) is 8.63. The van der Waals surface area contributed by atoms with Crippen LogP contribution in [0.5, 0.6) is 0 Å². The number of aliphatic hydroxyl groups is 1. The Hall–Kier alpha value is -0.370. The molecule has 0 rings (SSSR count). The third kappa shape index (κ3) is 5.63. The molecule has 0 radical (unpaired) electrons. The lowest BCUT2D eigenvalue weighted by Crippen LogP contribution is -2.10. The van der Waals surface area contributed by atoms with Crippen LogP contribution in [-0.2, 0) is 0 Å². The van der Waals surface area contributed by atoms with Crippen LogP contribution in [0.1, 0.15) is 6.92 Å². The van der Waals surface area contributed by atoms with Gasteiger partial charge in [0.15, 0.2) is 6.21 Å². The average Bonchev–Trinajstić information content (AvgIpc) is 1.27. The van der Waals surface area contributed by atoms with E-state index in [9.17, 15) is 0 Å². The first kappa shape index (κ1) is 6.63. The highest BCUT2D eigenvalue weighted by molar-refractivity contribution is 5.55. The molecule has 0 aliphatic rings. The summed E-state index contributed by atoms with van der Waals surface area (Å²) in [5.74, 6) is 0. The molecule has 0 heterocycles. The SMILES string of the molecule is CC(O)C=[N+](C)C. The van der Waals surface area contributed by atoms with Crippen molar-refractivity contribution in [3.8, 4) is 0 Å². The van der Waals surface area contributed by atoms with E-state index in [4.69, 9.17) is 5.11 Å². The zero-order chi connectivity index (χ0) is 5.86. The van der Waals surface area contributed by atoms with Crippen LogP contribution in [0.4, 0.5) is 0 Å². The third-order valence-corrected chi connectivity index (χ3v) is 0.514. The van der Waals surface area contributed by atoms with Gasteiger partial charge in [-0.05, 0) is 6.92 Å². The highest BCUT2D eigenvalue weighted by Gasteiger charge is 1.90. The summed E-state index contributed by atoms with van der Waals surface area (Å²) in [6.07, 6.45) is 1.40. The van der Waals surface area contributed by atoms with Gasteiger partial charge in [0.2, 0.25) is 0 Å². The Morgan fingerprint density at radius 3 is 2.00 bits per heavy atom. The molecule has 0 aliphatic carbocycles. The number of rotatable bonds is 1. The molecule has 0 aliphatic heterocycles. The number of hydrogen-bond acceptors (Lipinski definition) is 1. The lowest BCUT2D eigenvalue weighted by molar-refractivity contribution is -0.462. The molecule has 0 aromatic carbocycles. The molecule has 0 saturated carbocycles. The van der Waals surface area contributed by atoms with Crippen molar-refractivity contribution in [2.24, 2.45) is 0 Å². The van der Waals surface area contributed by atoms with Crippen molar-refractivity contribution >= 4 is 6.21 Å². The molecule has 0 amide bonds. The van der Waals surface area contributed by atoms with Crippen LogP contribution in [0.25, 0.3) is 0 Å². The molecule has 0 aromatic rings. The Morgan fingerprint density at radius 1 is 1.57 bits per heavy atom. The van der Waals surface area contributed by atoms with Gasteiger partial charge in [-0.1, -0.05) is 0 Å². The minimum atomic E-state index is -0.324. The second kappa shape index (κ2) is 2.75. The van der Waals surface area contributed by atoms with E-state index in [1.807, 2.05) is 18.7 Å². The topological polar surface area (TPSA) is 23.2 Å². The minimum absolute atomic E-state index is 0.324. The predicted octanol–water partition coefficient (Wildman–Crippen LogP) is -0.290. The van der Waals surface area contributed by atoms with Crippen LogP contribution in [0.15, 0.2) is 0 Å². The summed E-state index contributed by atoms with van der Waals surface area (Å²) in [7, 11) is 3.76. The van der Waals surface area contributed by atoms with E-state index < -0.39 is 0 Å². The van der Waals surface area contributed by atoms with E-state index in [0.29, 0.717) is 0 Å². The van der Waals surface area contributed by atoms with Crippen molar-refractivity contribution < 1.29 is 9.68 Å². The summed E-state index contributed by atoms with van der Waals surface area (Å²) in [6, 6.07) is 0. The lowest BCUT2D eigenvalue weighted by Gasteiger charge is -1.88. The van der Waals surface area contributed by atoms with Gasteiger partial charge in [0.05, 0.1) is 0 Å². The fraction of sp³-hybridized carbons (Fsp3) is 0.800. The third-order valence-electron chi connectivity index (χ3n) is 0.514. The second-order valence-electron chi connectivity index (χ2n) is 1.85. The Balaban J connectivity index is 3.45. The molecular weight excluding hydrogens is 90.1 g/mol. The first-order valence-electron chi connectivity index (χ1n) is 2.32. The molecule has 2 nitrogen and oxygen atoms in total. The first-order valence-corrected chi connectivity index (χ1v) is 2.32. The zero-order valence-corrected chi connectivity index (χ0v) is 5.05. The smallest absolute Gasteiger partial charge is 0.167 e. The molecule has 0 aromatic heterocycles. The second-order valence-corrected chi connectivity index (χ2v) is 1.85. The normalized spacial score (nSPS) is 13.1. The molecule has 1 atom stereocenters. The van der Waals surface area contributed by atoms with Crippen LogP contribution in [-0.4, -0.2) is 36.1 Å². The molecule has 42 valence electrons. The molecule has 1 N–H and O–H groups in total. The minimum Gasteiger partial charge on any atom is -0.383 e. The Kier molecular flexibility index (Phi) is 2.60. The van der Waals surface area contributed by atoms with E-state index in [1.54, 1.807) is 13.1 Å². The average molecular weight is 102 g/mol. The van der Waals surface area contributed by atoms with Crippen molar-refractivity contribution in [1.29, 1.82) is 0 Å². The monoisotopic (exact) mass is 102 g/mol. The summed E-state index contributed by atoms with van der Waals surface area (Å²) in [4.78, 5) is 0. The highest BCUT2D eigenvalue weighted by Crippen LogP contribution is 1.67. The molecule has 1 unspecified atom stereocenters. The van der Waals surface area contributed by atoms with E-state index in [0.717, 1.165) is 0 Å². The maximum Gasteiger partial charge on any atom is 0.167 e. The van der Waals surface area contributed by atoms with Gasteiger partial charge in [0, 0.05) is 0 Å². The van der Waals surface area contributed by atoms with Crippen molar-refractivity contribution in [2.45, 2.75) is 13.0 Å². The number of aliphatic hydroxyl groups excluding tert-OH is 1. The predicted molar refractivity (Wildman–Crippen MR) is 29.9 cm³/mol. The molecule has 0 saturated heterocycles. The van der Waals surface area contributed by atoms with Gasteiger partial charge >= 0.3 is 0 Å². The van der Waals surface area contributed by atoms with E-state index in [-0.39, 0.29) is 6.10 Å². The molecule has 7 heavy (non-hydrogen) atoms. The largest absolute Gasteiger partial charge is 0.383 e. The standard InChI is InChI=1S/C5H12NO/c1-5(7)4-6(2)3/h4-5,7H,1-3H3/q+1. The lowest BCUT2D eigenvalue weighted by atomic mass is 10.4. The summed E-state index contributed by atoms with van der Waals surface area (Å²) in [6.45, 7) is 1.72. The van der Waals surface area contributed by atoms with E-state index in [1.165, 1.54) is 0 Å². The van der Waals surface area contributed by atoms with Gasteiger partial charge in [0.25, 0.3) is 0 Å². The van der Waals surface area contributed by atoms with Gasteiger partial charge in [-0.3, -0.25) is 0 Å².